The first-order chi connectivity index (χ1) is 9.65. The molecule has 3 aromatic heterocycles. The van der Waals surface area contributed by atoms with E-state index in [0.29, 0.717) is 5.82 Å². The van der Waals surface area contributed by atoms with E-state index in [1.807, 2.05) is 18.4 Å². The van der Waals surface area contributed by atoms with Crippen molar-refractivity contribution in [2.24, 2.45) is 0 Å². The minimum absolute atomic E-state index is 0.535. The van der Waals surface area contributed by atoms with Crippen molar-refractivity contribution in [1.29, 1.82) is 0 Å². The van der Waals surface area contributed by atoms with Gasteiger partial charge in [-0.15, -0.1) is 22.7 Å². The average molecular weight is 387 g/mol. The van der Waals surface area contributed by atoms with Gasteiger partial charge in [0.1, 0.15) is 10.8 Å². The van der Waals surface area contributed by atoms with Crippen LogP contribution in [0, 0.1) is 6.92 Å². The van der Waals surface area contributed by atoms with Gasteiger partial charge in [0.05, 0.1) is 22.8 Å². The van der Waals surface area contributed by atoms with Crippen LogP contribution >= 0.6 is 50.1 Å². The van der Waals surface area contributed by atoms with Gasteiger partial charge >= 0.3 is 0 Å². The highest BCUT2D eigenvalue weighted by Crippen LogP contribution is 2.37. The average Bonchev–Trinajstić information content (AvgIpc) is 3.09. The third kappa shape index (κ3) is 2.73. The van der Waals surface area contributed by atoms with Gasteiger partial charge in [0.2, 0.25) is 0 Å². The van der Waals surface area contributed by atoms with Crippen molar-refractivity contribution in [3.63, 3.8) is 0 Å². The zero-order valence-corrected chi connectivity index (χ0v) is 14.5. The second kappa shape index (κ2) is 5.80. The lowest BCUT2D eigenvalue weighted by Crippen LogP contribution is -1.98. The first-order valence-electron chi connectivity index (χ1n) is 5.78. The maximum absolute atomic E-state index is 5.98. The minimum Gasteiger partial charge on any atom is -0.382 e. The van der Waals surface area contributed by atoms with Crippen LogP contribution in [0.3, 0.4) is 0 Å². The van der Waals surface area contributed by atoms with Gasteiger partial charge in [-0.1, -0.05) is 0 Å². The molecule has 0 aliphatic carbocycles. The molecule has 0 spiro atoms. The Bertz CT molecular complexity index is 731. The summed E-state index contributed by atoms with van der Waals surface area (Å²) in [6.45, 7) is 2.73. The molecule has 3 heterocycles. The Labute approximate surface area is 137 Å². The molecule has 0 fully saturated rings. The molecule has 0 unspecified atom stereocenters. The maximum atomic E-state index is 5.98. The van der Waals surface area contributed by atoms with E-state index < -0.39 is 0 Å². The van der Waals surface area contributed by atoms with Crippen molar-refractivity contribution in [3.05, 3.63) is 31.2 Å². The van der Waals surface area contributed by atoms with Crippen molar-refractivity contribution in [1.82, 2.24) is 9.36 Å². The number of hydrogen-bond acceptors (Lipinski definition) is 7. The molecule has 20 heavy (non-hydrogen) atoms. The van der Waals surface area contributed by atoms with Crippen LogP contribution in [0.25, 0.3) is 11.3 Å². The van der Waals surface area contributed by atoms with E-state index in [9.17, 15) is 0 Å². The Morgan fingerprint density at radius 1 is 1.40 bits per heavy atom. The van der Waals surface area contributed by atoms with Gasteiger partial charge in [0.25, 0.3) is 0 Å². The van der Waals surface area contributed by atoms with Gasteiger partial charge in [-0.3, -0.25) is 0 Å². The van der Waals surface area contributed by atoms with E-state index in [2.05, 4.69) is 36.0 Å². The first kappa shape index (κ1) is 14.0. The molecule has 3 N–H and O–H groups in total. The van der Waals surface area contributed by atoms with Crippen LogP contribution < -0.4 is 11.1 Å². The van der Waals surface area contributed by atoms with Crippen LogP contribution in [-0.4, -0.2) is 9.36 Å². The molecular weight excluding hydrogens is 376 g/mol. The van der Waals surface area contributed by atoms with Crippen molar-refractivity contribution in [3.8, 4) is 11.3 Å². The molecule has 0 atom stereocenters. The van der Waals surface area contributed by atoms with Crippen LogP contribution in [-0.2, 0) is 6.54 Å². The van der Waals surface area contributed by atoms with Gasteiger partial charge in [-0.25, -0.2) is 4.98 Å². The molecule has 0 aliphatic heterocycles. The number of thiophene rings is 1. The maximum Gasteiger partial charge on any atom is 0.148 e. The quantitative estimate of drug-likeness (QED) is 0.687. The number of nitrogen functional groups attached to an aromatic ring is 1. The molecule has 0 radical (unpaired) electrons. The van der Waals surface area contributed by atoms with Gasteiger partial charge in [0.15, 0.2) is 0 Å². The standard InChI is InChI=1S/C12H11BrN4S3/c1-6-16-8(5-19-6)10-11(14)17-20-12(10)15-4-9-7(13)2-3-18-9/h2-3,5,15H,4H2,1H3,(H2,14,17). The number of nitrogens with zero attached hydrogens (tertiary/aromatic N) is 2. The van der Waals surface area contributed by atoms with E-state index in [1.54, 1.807) is 22.7 Å². The molecule has 8 heteroatoms. The van der Waals surface area contributed by atoms with Crippen LogP contribution in [0.5, 0.6) is 0 Å². The number of nitrogens with two attached hydrogens (primary N) is 1. The Morgan fingerprint density at radius 2 is 2.25 bits per heavy atom. The normalized spacial score (nSPS) is 10.9. The molecular formula is C12H11BrN4S3. The summed E-state index contributed by atoms with van der Waals surface area (Å²) in [7, 11) is 0. The fourth-order valence-electron chi connectivity index (χ4n) is 1.76. The van der Waals surface area contributed by atoms with E-state index in [0.717, 1.165) is 32.3 Å². The predicted molar refractivity (Wildman–Crippen MR) is 91.7 cm³/mol. The Morgan fingerprint density at radius 3 is 2.90 bits per heavy atom. The smallest absolute Gasteiger partial charge is 0.148 e. The highest BCUT2D eigenvalue weighted by molar-refractivity contribution is 9.10. The van der Waals surface area contributed by atoms with Gasteiger partial charge in [-0.2, -0.15) is 4.37 Å². The summed E-state index contributed by atoms with van der Waals surface area (Å²) in [5.41, 5.74) is 7.78. The second-order valence-electron chi connectivity index (χ2n) is 4.07. The lowest BCUT2D eigenvalue weighted by molar-refractivity contribution is 1.19. The summed E-state index contributed by atoms with van der Waals surface area (Å²) in [6, 6.07) is 2.05. The van der Waals surface area contributed by atoms with Crippen LogP contribution in [0.15, 0.2) is 21.3 Å². The number of aryl methyl sites for hydroxylation is 1. The minimum atomic E-state index is 0.535. The molecule has 0 saturated heterocycles. The second-order valence-corrected chi connectivity index (χ2v) is 7.76. The number of rotatable bonds is 4. The predicted octanol–water partition coefficient (Wildman–Crippen LogP) is 4.59. The van der Waals surface area contributed by atoms with Crippen LogP contribution in [0.2, 0.25) is 0 Å². The number of anilines is 2. The number of nitrogens with one attached hydrogen (secondary N) is 1. The van der Waals surface area contributed by atoms with Gasteiger partial charge < -0.3 is 11.1 Å². The van der Waals surface area contributed by atoms with Gasteiger partial charge in [0, 0.05) is 14.7 Å². The van der Waals surface area contributed by atoms with Crippen molar-refractivity contribution in [2.45, 2.75) is 13.5 Å². The summed E-state index contributed by atoms with van der Waals surface area (Å²) in [6.07, 6.45) is 0. The number of halogens is 1. The largest absolute Gasteiger partial charge is 0.382 e. The fourth-order valence-corrected chi connectivity index (χ4v) is 4.51. The summed E-state index contributed by atoms with van der Waals surface area (Å²) in [4.78, 5) is 5.74. The fraction of sp³-hybridized carbons (Fsp3) is 0.167. The van der Waals surface area contributed by atoms with E-state index in [4.69, 9.17) is 5.73 Å². The van der Waals surface area contributed by atoms with E-state index >= 15 is 0 Å². The van der Waals surface area contributed by atoms with Crippen LogP contribution in [0.1, 0.15) is 9.88 Å². The summed E-state index contributed by atoms with van der Waals surface area (Å²) in [5.74, 6) is 0.535. The topological polar surface area (TPSA) is 63.8 Å². The third-order valence-electron chi connectivity index (χ3n) is 2.69. The molecule has 104 valence electrons. The molecule has 0 saturated carbocycles. The van der Waals surface area contributed by atoms with E-state index in [-0.39, 0.29) is 0 Å². The number of thiazole rings is 1. The molecule has 4 nitrogen and oxygen atoms in total. The van der Waals surface area contributed by atoms with Crippen LogP contribution in [0.4, 0.5) is 10.8 Å². The summed E-state index contributed by atoms with van der Waals surface area (Å²) >= 11 is 8.24. The van der Waals surface area contributed by atoms with Crippen molar-refractivity contribution in [2.75, 3.05) is 11.1 Å². The molecule has 0 aromatic carbocycles. The zero-order chi connectivity index (χ0) is 14.1. The lowest BCUT2D eigenvalue weighted by atomic mass is 10.2. The summed E-state index contributed by atoms with van der Waals surface area (Å²) in [5, 5.41) is 9.48. The SMILES string of the molecule is Cc1nc(-c2c(N)nsc2NCc2sccc2Br)cs1. The highest BCUT2D eigenvalue weighted by atomic mass is 79.9. The Kier molecular flexibility index (Phi) is 4.06. The zero-order valence-electron chi connectivity index (χ0n) is 10.5. The van der Waals surface area contributed by atoms with E-state index in [1.165, 1.54) is 16.4 Å². The monoisotopic (exact) mass is 386 g/mol. The molecule has 3 aromatic rings. The number of aromatic nitrogens is 2. The molecule has 0 amide bonds. The molecule has 3 rings (SSSR count). The van der Waals surface area contributed by atoms with Crippen molar-refractivity contribution < 1.29 is 0 Å². The Hall–Kier alpha value is -0.960. The lowest BCUT2D eigenvalue weighted by Gasteiger charge is -2.04. The molecule has 0 aliphatic rings. The highest BCUT2D eigenvalue weighted by Gasteiger charge is 2.16. The summed E-state index contributed by atoms with van der Waals surface area (Å²) < 4.78 is 5.36. The van der Waals surface area contributed by atoms with Gasteiger partial charge in [-0.05, 0) is 45.8 Å². The first-order valence-corrected chi connectivity index (χ1v) is 9.11. The third-order valence-corrected chi connectivity index (χ3v) is 6.21. The van der Waals surface area contributed by atoms with Crippen molar-refractivity contribution >= 4 is 61.0 Å². The number of hydrogen-bond donors (Lipinski definition) is 2. The Balaban J connectivity index is 1.86. The molecule has 0 bridgehead atoms.